The molecule has 0 radical (unpaired) electrons. The number of methoxy groups -OCH3 is 1. The van der Waals surface area contributed by atoms with Crippen molar-refractivity contribution in [3.8, 4) is 0 Å². The second-order valence-electron chi connectivity index (χ2n) is 5.66. The van der Waals surface area contributed by atoms with Gasteiger partial charge in [-0.2, -0.15) is 0 Å². The Balaban J connectivity index is 4.11. The number of rotatable bonds is 14. The molecule has 0 aliphatic rings. The van der Waals surface area contributed by atoms with Crippen LogP contribution in [-0.4, -0.2) is 19.5 Å². The molecule has 0 aliphatic carbocycles. The molecule has 2 nitrogen and oxygen atoms in total. The summed E-state index contributed by atoms with van der Waals surface area (Å²) in [6.07, 6.45) is 15.7. The maximum absolute atomic E-state index is 12.2. The number of ether oxygens (including phenoxy) is 1. The Hall–Kier alpha value is -0.630. The van der Waals surface area contributed by atoms with E-state index in [1.807, 2.05) is 6.08 Å². The molecule has 0 fully saturated rings. The molecular weight excluding hydrogens is 248 g/mol. The second kappa shape index (κ2) is 14.8. The molecule has 0 aromatic rings. The first-order valence-corrected chi connectivity index (χ1v) is 8.45. The van der Waals surface area contributed by atoms with Crippen molar-refractivity contribution < 1.29 is 9.53 Å². The van der Waals surface area contributed by atoms with E-state index in [0.717, 1.165) is 12.8 Å². The normalized spacial score (nSPS) is 11.6. The zero-order valence-corrected chi connectivity index (χ0v) is 13.8. The summed E-state index contributed by atoms with van der Waals surface area (Å²) < 4.78 is 4.96. The molecule has 0 atom stereocenters. The van der Waals surface area contributed by atoms with Crippen LogP contribution in [0.3, 0.4) is 0 Å². The molecule has 0 aromatic carbocycles. The molecule has 0 aromatic heterocycles. The second-order valence-corrected chi connectivity index (χ2v) is 5.66. The van der Waals surface area contributed by atoms with Gasteiger partial charge in [0, 0.05) is 13.0 Å². The largest absolute Gasteiger partial charge is 0.381 e. The van der Waals surface area contributed by atoms with Crippen molar-refractivity contribution in [1.82, 2.24) is 0 Å². The van der Waals surface area contributed by atoms with Gasteiger partial charge < -0.3 is 4.74 Å². The lowest BCUT2D eigenvalue weighted by atomic mass is 9.90. The average Bonchev–Trinajstić information content (AvgIpc) is 2.45. The van der Waals surface area contributed by atoms with E-state index < -0.39 is 0 Å². The van der Waals surface area contributed by atoms with Crippen molar-refractivity contribution in [2.75, 3.05) is 13.7 Å². The molecule has 118 valence electrons. The van der Waals surface area contributed by atoms with E-state index in [2.05, 4.69) is 13.8 Å². The van der Waals surface area contributed by atoms with Gasteiger partial charge in [0.15, 0.2) is 5.78 Å². The van der Waals surface area contributed by atoms with Crippen molar-refractivity contribution in [2.24, 2.45) is 5.92 Å². The SMILES string of the molecule is CCCCCCC(CCCCCC)C(=O)/C=C/COC. The van der Waals surface area contributed by atoms with Gasteiger partial charge in [-0.1, -0.05) is 71.3 Å². The maximum Gasteiger partial charge on any atom is 0.158 e. The van der Waals surface area contributed by atoms with E-state index in [1.54, 1.807) is 13.2 Å². The highest BCUT2D eigenvalue weighted by Gasteiger charge is 2.15. The fraction of sp³-hybridized carbons (Fsp3) is 0.833. The molecule has 0 saturated carbocycles. The van der Waals surface area contributed by atoms with E-state index in [4.69, 9.17) is 4.74 Å². The minimum absolute atomic E-state index is 0.233. The van der Waals surface area contributed by atoms with Crippen molar-refractivity contribution >= 4 is 5.78 Å². The zero-order chi connectivity index (χ0) is 15.1. The van der Waals surface area contributed by atoms with Crippen LogP contribution in [0.5, 0.6) is 0 Å². The predicted octanol–water partition coefficient (Wildman–Crippen LogP) is 5.32. The quantitative estimate of drug-likeness (QED) is 0.318. The summed E-state index contributed by atoms with van der Waals surface area (Å²) in [5, 5.41) is 0. The number of hydrogen-bond donors (Lipinski definition) is 0. The third-order valence-electron chi connectivity index (χ3n) is 3.76. The van der Waals surface area contributed by atoms with E-state index in [0.29, 0.717) is 12.4 Å². The van der Waals surface area contributed by atoms with E-state index >= 15 is 0 Å². The lowest BCUT2D eigenvalue weighted by molar-refractivity contribution is -0.118. The maximum atomic E-state index is 12.2. The Kier molecular flexibility index (Phi) is 14.3. The Bertz CT molecular complexity index is 234. The van der Waals surface area contributed by atoms with Crippen LogP contribution in [-0.2, 0) is 9.53 Å². The number of hydrogen-bond acceptors (Lipinski definition) is 2. The monoisotopic (exact) mass is 282 g/mol. The minimum atomic E-state index is 0.233. The van der Waals surface area contributed by atoms with Crippen LogP contribution >= 0.6 is 0 Å². The number of carbonyl (C=O) groups excluding carboxylic acids is 1. The third-order valence-corrected chi connectivity index (χ3v) is 3.76. The Morgan fingerprint density at radius 1 is 0.950 bits per heavy atom. The van der Waals surface area contributed by atoms with Crippen molar-refractivity contribution in [2.45, 2.75) is 78.1 Å². The smallest absolute Gasteiger partial charge is 0.158 e. The topological polar surface area (TPSA) is 26.3 Å². The van der Waals surface area contributed by atoms with Crippen LogP contribution < -0.4 is 0 Å². The number of carbonyl (C=O) groups is 1. The molecule has 0 aliphatic heterocycles. The van der Waals surface area contributed by atoms with Crippen LogP contribution in [0.1, 0.15) is 78.1 Å². The first-order valence-electron chi connectivity index (χ1n) is 8.45. The molecule has 2 heteroatoms. The Morgan fingerprint density at radius 3 is 1.95 bits per heavy atom. The first-order chi connectivity index (χ1) is 9.76. The zero-order valence-electron chi connectivity index (χ0n) is 13.8. The van der Waals surface area contributed by atoms with Gasteiger partial charge in [0.2, 0.25) is 0 Å². The Morgan fingerprint density at radius 2 is 1.50 bits per heavy atom. The van der Waals surface area contributed by atoms with Gasteiger partial charge in [-0.15, -0.1) is 0 Å². The van der Waals surface area contributed by atoms with Gasteiger partial charge in [-0.3, -0.25) is 4.79 Å². The summed E-state index contributed by atoms with van der Waals surface area (Å²) in [5.74, 6) is 0.534. The van der Waals surface area contributed by atoms with Gasteiger partial charge in [0.05, 0.1) is 6.61 Å². The molecule has 0 saturated heterocycles. The van der Waals surface area contributed by atoms with E-state index in [-0.39, 0.29) is 5.92 Å². The van der Waals surface area contributed by atoms with Crippen molar-refractivity contribution in [3.63, 3.8) is 0 Å². The number of allylic oxidation sites excluding steroid dienone is 1. The molecule has 0 spiro atoms. The van der Waals surface area contributed by atoms with Crippen LogP contribution in [0, 0.1) is 5.92 Å². The summed E-state index contributed by atoms with van der Waals surface area (Å²) in [6, 6.07) is 0. The van der Waals surface area contributed by atoms with Gasteiger partial charge in [-0.25, -0.2) is 0 Å². The lowest BCUT2D eigenvalue weighted by Crippen LogP contribution is -2.12. The van der Waals surface area contributed by atoms with Crippen LogP contribution in [0.25, 0.3) is 0 Å². The molecule has 0 heterocycles. The molecule has 0 bridgehead atoms. The van der Waals surface area contributed by atoms with Crippen molar-refractivity contribution in [3.05, 3.63) is 12.2 Å². The van der Waals surface area contributed by atoms with Crippen molar-refractivity contribution in [1.29, 1.82) is 0 Å². The highest BCUT2D eigenvalue weighted by atomic mass is 16.5. The fourth-order valence-corrected chi connectivity index (χ4v) is 2.46. The molecule has 0 rings (SSSR count). The molecular formula is C18H34O2. The molecule has 0 amide bonds. The minimum Gasteiger partial charge on any atom is -0.381 e. The van der Waals surface area contributed by atoms with E-state index in [9.17, 15) is 4.79 Å². The summed E-state index contributed by atoms with van der Waals surface area (Å²) in [6.45, 7) is 4.98. The summed E-state index contributed by atoms with van der Waals surface area (Å²) >= 11 is 0. The van der Waals surface area contributed by atoms with Crippen LogP contribution in [0.4, 0.5) is 0 Å². The fourth-order valence-electron chi connectivity index (χ4n) is 2.46. The molecule has 0 N–H and O–H groups in total. The molecule has 20 heavy (non-hydrogen) atoms. The van der Waals surface area contributed by atoms with Gasteiger partial charge in [0.25, 0.3) is 0 Å². The van der Waals surface area contributed by atoms with Gasteiger partial charge >= 0.3 is 0 Å². The highest BCUT2D eigenvalue weighted by Crippen LogP contribution is 2.20. The van der Waals surface area contributed by atoms with Gasteiger partial charge in [-0.05, 0) is 18.9 Å². The number of unbranched alkanes of at least 4 members (excludes halogenated alkanes) is 6. The number of ketones is 1. The summed E-state index contributed by atoms with van der Waals surface area (Å²) in [5.41, 5.74) is 0. The van der Waals surface area contributed by atoms with Crippen LogP contribution in [0.15, 0.2) is 12.2 Å². The average molecular weight is 282 g/mol. The van der Waals surface area contributed by atoms with Gasteiger partial charge in [0.1, 0.15) is 0 Å². The highest BCUT2D eigenvalue weighted by molar-refractivity contribution is 5.91. The summed E-state index contributed by atoms with van der Waals surface area (Å²) in [7, 11) is 1.65. The van der Waals surface area contributed by atoms with E-state index in [1.165, 1.54) is 51.4 Å². The lowest BCUT2D eigenvalue weighted by Gasteiger charge is -2.13. The van der Waals surface area contributed by atoms with Crippen LogP contribution in [0.2, 0.25) is 0 Å². The molecule has 0 unspecified atom stereocenters. The summed E-state index contributed by atoms with van der Waals surface area (Å²) in [4.78, 5) is 12.2. The Labute approximate surface area is 126 Å². The standard InChI is InChI=1S/C18H34O2/c1-4-6-8-10-13-17(14-11-9-7-5-2)18(19)15-12-16-20-3/h12,15,17H,4-11,13-14,16H2,1-3H3/b15-12+. The third kappa shape index (κ3) is 11.2. The first kappa shape index (κ1) is 19.4. The predicted molar refractivity (Wildman–Crippen MR) is 87.0 cm³/mol.